The number of fused-ring (bicyclic) bond motifs is 1. The maximum Gasteiger partial charge on any atom is 0.262 e. The van der Waals surface area contributed by atoms with Crippen LogP contribution < -0.4 is 10.1 Å². The van der Waals surface area contributed by atoms with Crippen molar-refractivity contribution in [3.8, 4) is 5.75 Å². The zero-order valence-electron chi connectivity index (χ0n) is 11.8. The molecule has 0 radical (unpaired) electrons. The summed E-state index contributed by atoms with van der Waals surface area (Å²) in [4.78, 5) is 24.1. The lowest BCUT2D eigenvalue weighted by atomic mass is 9.91. The third kappa shape index (κ3) is 3.12. The standard InChI is InChI=1S/C16H18BrNO3/c17-12-8-13-14(21-9-15(19)18-13)7-11(12)16(20)10-5-3-1-2-4-6-10/h7-8,10H,1-6,9H2,(H,18,19). The summed E-state index contributed by atoms with van der Waals surface area (Å²) in [5.74, 6) is 0.708. The molecule has 1 amide bonds. The second-order valence-corrected chi connectivity index (χ2v) is 6.57. The van der Waals surface area contributed by atoms with E-state index in [4.69, 9.17) is 4.74 Å². The highest BCUT2D eigenvalue weighted by molar-refractivity contribution is 9.10. The summed E-state index contributed by atoms with van der Waals surface area (Å²) in [5, 5.41) is 2.75. The van der Waals surface area contributed by atoms with E-state index in [0.717, 1.165) is 30.2 Å². The molecule has 1 N–H and O–H groups in total. The van der Waals surface area contributed by atoms with Gasteiger partial charge in [0.15, 0.2) is 12.4 Å². The predicted octanol–water partition coefficient (Wildman–Crippen LogP) is 3.93. The van der Waals surface area contributed by atoms with E-state index in [1.807, 2.05) is 0 Å². The fourth-order valence-electron chi connectivity index (χ4n) is 3.05. The first-order valence-electron chi connectivity index (χ1n) is 7.45. The predicted molar refractivity (Wildman–Crippen MR) is 83.8 cm³/mol. The van der Waals surface area contributed by atoms with E-state index >= 15 is 0 Å². The summed E-state index contributed by atoms with van der Waals surface area (Å²) < 4.78 is 6.13. The van der Waals surface area contributed by atoms with Crippen LogP contribution in [0.15, 0.2) is 16.6 Å². The van der Waals surface area contributed by atoms with E-state index in [2.05, 4.69) is 21.2 Å². The van der Waals surface area contributed by atoms with Gasteiger partial charge in [0, 0.05) is 16.0 Å². The third-order valence-electron chi connectivity index (χ3n) is 4.19. The average molecular weight is 352 g/mol. The number of anilines is 1. The minimum atomic E-state index is -0.169. The van der Waals surface area contributed by atoms with E-state index in [1.165, 1.54) is 12.8 Å². The highest BCUT2D eigenvalue weighted by atomic mass is 79.9. The van der Waals surface area contributed by atoms with Crippen LogP contribution in [0.4, 0.5) is 5.69 Å². The maximum atomic E-state index is 12.8. The number of rotatable bonds is 2. The van der Waals surface area contributed by atoms with Gasteiger partial charge in [0.1, 0.15) is 5.75 Å². The quantitative estimate of drug-likeness (QED) is 0.648. The first-order chi connectivity index (χ1) is 10.1. The van der Waals surface area contributed by atoms with Crippen LogP contribution >= 0.6 is 15.9 Å². The molecule has 1 aliphatic heterocycles. The number of halogens is 1. The number of nitrogens with one attached hydrogen (secondary N) is 1. The summed E-state index contributed by atoms with van der Waals surface area (Å²) in [6.07, 6.45) is 6.66. The Balaban J connectivity index is 1.87. The van der Waals surface area contributed by atoms with Gasteiger partial charge < -0.3 is 10.1 Å². The minimum absolute atomic E-state index is 0.00565. The normalized spacial score (nSPS) is 19.2. The van der Waals surface area contributed by atoms with Crippen molar-refractivity contribution in [2.24, 2.45) is 5.92 Å². The molecule has 0 saturated heterocycles. The lowest BCUT2D eigenvalue weighted by molar-refractivity contribution is -0.118. The van der Waals surface area contributed by atoms with Gasteiger partial charge in [0.2, 0.25) is 0 Å². The van der Waals surface area contributed by atoms with E-state index in [9.17, 15) is 9.59 Å². The van der Waals surface area contributed by atoms with Crippen LogP contribution in [0, 0.1) is 5.92 Å². The van der Waals surface area contributed by atoms with Gasteiger partial charge in [-0.25, -0.2) is 0 Å². The largest absolute Gasteiger partial charge is 0.482 e. The van der Waals surface area contributed by atoms with Crippen molar-refractivity contribution >= 4 is 33.3 Å². The lowest BCUT2D eigenvalue weighted by Crippen LogP contribution is -2.26. The Morgan fingerprint density at radius 3 is 2.62 bits per heavy atom. The van der Waals surface area contributed by atoms with Crippen LogP contribution in [0.3, 0.4) is 0 Å². The third-order valence-corrected chi connectivity index (χ3v) is 4.85. The van der Waals surface area contributed by atoms with E-state index in [1.54, 1.807) is 12.1 Å². The number of ketones is 1. The number of hydrogen-bond acceptors (Lipinski definition) is 3. The molecular weight excluding hydrogens is 334 g/mol. The van der Waals surface area contributed by atoms with Gasteiger partial charge in [-0.1, -0.05) is 25.7 Å². The van der Waals surface area contributed by atoms with Crippen molar-refractivity contribution in [1.29, 1.82) is 0 Å². The Kier molecular flexibility index (Phi) is 4.29. The molecule has 1 fully saturated rings. The second kappa shape index (κ2) is 6.18. The summed E-state index contributed by atoms with van der Waals surface area (Å²) in [5.41, 5.74) is 1.28. The fourth-order valence-corrected chi connectivity index (χ4v) is 3.59. The molecule has 2 aliphatic rings. The molecule has 0 aromatic heterocycles. The van der Waals surface area contributed by atoms with Crippen molar-refractivity contribution in [3.63, 3.8) is 0 Å². The summed E-state index contributed by atoms with van der Waals surface area (Å²) in [6.45, 7) is 0.00565. The molecule has 4 nitrogen and oxygen atoms in total. The van der Waals surface area contributed by atoms with Crippen molar-refractivity contribution in [2.45, 2.75) is 38.5 Å². The monoisotopic (exact) mass is 351 g/mol. The molecule has 1 heterocycles. The van der Waals surface area contributed by atoms with Gasteiger partial charge in [-0.05, 0) is 40.9 Å². The Morgan fingerprint density at radius 2 is 1.90 bits per heavy atom. The molecule has 1 aromatic rings. The van der Waals surface area contributed by atoms with Crippen LogP contribution in [0.2, 0.25) is 0 Å². The lowest BCUT2D eigenvalue weighted by Gasteiger charge is -2.20. The second-order valence-electron chi connectivity index (χ2n) is 5.72. The molecule has 1 saturated carbocycles. The molecule has 0 atom stereocenters. The number of amides is 1. The van der Waals surface area contributed by atoms with E-state index in [0.29, 0.717) is 17.0 Å². The number of Topliss-reactive ketones (excluding diaryl/α,β-unsaturated/α-hetero) is 1. The minimum Gasteiger partial charge on any atom is -0.482 e. The SMILES string of the molecule is O=C1COc2cc(C(=O)C3CCCCCC3)c(Br)cc2N1. The topological polar surface area (TPSA) is 55.4 Å². The number of hydrogen-bond donors (Lipinski definition) is 1. The van der Waals surface area contributed by atoms with Crippen molar-refractivity contribution in [3.05, 3.63) is 22.2 Å². The first-order valence-corrected chi connectivity index (χ1v) is 8.25. The van der Waals surface area contributed by atoms with Crippen LogP contribution in [-0.4, -0.2) is 18.3 Å². The van der Waals surface area contributed by atoms with Crippen molar-refractivity contribution in [1.82, 2.24) is 0 Å². The van der Waals surface area contributed by atoms with Gasteiger partial charge in [-0.3, -0.25) is 9.59 Å². The molecule has 112 valence electrons. The Labute approximate surface area is 132 Å². The van der Waals surface area contributed by atoms with Gasteiger partial charge >= 0.3 is 0 Å². The molecule has 1 aliphatic carbocycles. The van der Waals surface area contributed by atoms with Crippen molar-refractivity contribution in [2.75, 3.05) is 11.9 Å². The number of carbonyl (C=O) groups is 2. The number of carbonyl (C=O) groups excluding carboxylic acids is 2. The molecule has 0 bridgehead atoms. The van der Waals surface area contributed by atoms with Crippen LogP contribution in [0.5, 0.6) is 5.75 Å². The van der Waals surface area contributed by atoms with Gasteiger partial charge in [-0.15, -0.1) is 0 Å². The van der Waals surface area contributed by atoms with Crippen LogP contribution in [0.25, 0.3) is 0 Å². The van der Waals surface area contributed by atoms with Crippen molar-refractivity contribution < 1.29 is 14.3 Å². The van der Waals surface area contributed by atoms with Gasteiger partial charge in [0.25, 0.3) is 5.91 Å². The van der Waals surface area contributed by atoms with Gasteiger partial charge in [0.05, 0.1) is 5.69 Å². The highest BCUT2D eigenvalue weighted by Gasteiger charge is 2.26. The van der Waals surface area contributed by atoms with E-state index in [-0.39, 0.29) is 24.2 Å². The molecule has 0 unspecified atom stereocenters. The smallest absolute Gasteiger partial charge is 0.262 e. The summed E-state index contributed by atoms with van der Waals surface area (Å²) in [6, 6.07) is 3.52. The van der Waals surface area contributed by atoms with Crippen LogP contribution in [-0.2, 0) is 4.79 Å². The average Bonchev–Trinajstić information content (AvgIpc) is 2.74. The molecule has 5 heteroatoms. The van der Waals surface area contributed by atoms with Crippen LogP contribution in [0.1, 0.15) is 48.9 Å². The Bertz CT molecular complexity index is 577. The molecule has 0 spiro atoms. The Morgan fingerprint density at radius 1 is 1.19 bits per heavy atom. The zero-order valence-corrected chi connectivity index (χ0v) is 13.4. The zero-order chi connectivity index (χ0) is 14.8. The van der Waals surface area contributed by atoms with Gasteiger partial charge in [-0.2, -0.15) is 0 Å². The summed E-state index contributed by atoms with van der Waals surface area (Å²) >= 11 is 3.45. The molecular formula is C16H18BrNO3. The number of ether oxygens (including phenoxy) is 1. The number of benzene rings is 1. The molecule has 1 aromatic carbocycles. The fraction of sp³-hybridized carbons (Fsp3) is 0.500. The summed E-state index contributed by atoms with van der Waals surface area (Å²) in [7, 11) is 0. The Hall–Kier alpha value is -1.36. The first kappa shape index (κ1) is 14.6. The van der Waals surface area contributed by atoms with E-state index < -0.39 is 0 Å². The molecule has 3 rings (SSSR count). The molecule has 21 heavy (non-hydrogen) atoms. The highest BCUT2D eigenvalue weighted by Crippen LogP contribution is 2.36. The maximum absolute atomic E-state index is 12.8.